The van der Waals surface area contributed by atoms with E-state index in [0.717, 1.165) is 17.0 Å². The molecule has 0 N–H and O–H groups in total. The van der Waals surface area contributed by atoms with Crippen LogP contribution in [0.15, 0.2) is 0 Å². The van der Waals surface area contributed by atoms with Gasteiger partial charge in [-0.3, -0.25) is 0 Å². The van der Waals surface area contributed by atoms with Crippen molar-refractivity contribution >= 4 is 6.60 Å². The van der Waals surface area contributed by atoms with Gasteiger partial charge in [0.15, 0.2) is 0 Å². The van der Waals surface area contributed by atoms with Crippen LogP contribution in [0.5, 0.6) is 0 Å². The van der Waals surface area contributed by atoms with Crippen LogP contribution in [0.1, 0.15) is 132 Å². The van der Waals surface area contributed by atoms with E-state index in [4.69, 9.17) is 0 Å². The molecule has 1 heteroatoms. The van der Waals surface area contributed by atoms with Crippen LogP contribution in [0.4, 0.5) is 0 Å². The first-order valence-electron chi connectivity index (χ1n) is 12.3. The molecule has 0 unspecified atom stereocenters. The van der Waals surface area contributed by atoms with Crippen molar-refractivity contribution in [2.24, 2.45) is 0 Å². The van der Waals surface area contributed by atoms with E-state index in [-0.39, 0.29) is 0 Å². The van der Waals surface area contributed by atoms with Crippen LogP contribution < -0.4 is 0 Å². The third-order valence-corrected chi connectivity index (χ3v) is 18.9. The molecule has 0 heterocycles. The van der Waals surface area contributed by atoms with Crippen LogP contribution in [0, 0.1) is 0 Å². The third kappa shape index (κ3) is 6.79. The quantitative estimate of drug-likeness (QED) is 0.172. The van der Waals surface area contributed by atoms with Crippen molar-refractivity contribution in [1.29, 1.82) is 0 Å². The fourth-order valence-corrected chi connectivity index (χ4v) is 14.9. The van der Waals surface area contributed by atoms with Gasteiger partial charge in [0.05, 0.1) is 0 Å². The van der Waals surface area contributed by atoms with Crippen LogP contribution in [0.25, 0.3) is 0 Å². The molecule has 0 saturated heterocycles. The Morgan fingerprint density at radius 1 is 0.423 bits per heavy atom. The first-order valence-corrected chi connectivity index (χ1v) is 15.1. The molecule has 0 amide bonds. The number of hydrogen-bond acceptors (Lipinski definition) is 0. The molecule has 160 valence electrons. The van der Waals surface area contributed by atoms with Gasteiger partial charge in [0.25, 0.3) is 0 Å². The second-order valence-electron chi connectivity index (χ2n) is 10.0. The van der Waals surface area contributed by atoms with E-state index < -0.39 is 6.60 Å². The predicted octanol–water partition coefficient (Wildman–Crippen LogP) is 9.49. The molecule has 0 rings (SSSR count). The van der Waals surface area contributed by atoms with Crippen molar-refractivity contribution in [2.75, 3.05) is 12.3 Å². The maximum absolute atomic E-state index is 2.59. The van der Waals surface area contributed by atoms with Crippen LogP contribution in [0.2, 0.25) is 0 Å². The first-order chi connectivity index (χ1) is 12.3. The van der Waals surface area contributed by atoms with E-state index in [1.807, 2.05) is 0 Å². The van der Waals surface area contributed by atoms with Crippen molar-refractivity contribution in [3.05, 3.63) is 0 Å². The summed E-state index contributed by atoms with van der Waals surface area (Å²) in [6, 6.07) is 0. The summed E-state index contributed by atoms with van der Waals surface area (Å²) in [5.41, 5.74) is 2.69. The summed E-state index contributed by atoms with van der Waals surface area (Å²) in [6.45, 7) is 18.5. The summed E-state index contributed by atoms with van der Waals surface area (Å²) < 4.78 is 0. The zero-order valence-electron chi connectivity index (χ0n) is 20.1. The summed E-state index contributed by atoms with van der Waals surface area (Å²) in [6.07, 6.45) is 20.5. The van der Waals surface area contributed by atoms with Gasteiger partial charge in [-0.05, 0) is 0 Å². The molecule has 0 spiro atoms. The molecule has 0 saturated carbocycles. The van der Waals surface area contributed by atoms with Crippen LogP contribution >= 0.6 is 6.60 Å². The molecule has 26 heavy (non-hydrogen) atoms. The van der Waals surface area contributed by atoms with Crippen molar-refractivity contribution in [3.8, 4) is 0 Å². The van der Waals surface area contributed by atoms with Gasteiger partial charge in [0.2, 0.25) is 0 Å². The first kappa shape index (κ1) is 26.4. The monoisotopic (exact) mass is 386 g/mol. The Balaban J connectivity index is 5.03. The summed E-state index contributed by atoms with van der Waals surface area (Å²) >= 11 is 0. The van der Waals surface area contributed by atoms with Crippen molar-refractivity contribution < 1.29 is 0 Å². The Morgan fingerprint density at radius 2 is 0.692 bits per heavy atom. The second kappa shape index (κ2) is 13.6. The van der Waals surface area contributed by atoms with E-state index in [2.05, 4.69) is 55.4 Å². The van der Waals surface area contributed by atoms with E-state index in [0.29, 0.717) is 0 Å². The molecular formula is C25H55P. The Bertz CT molecular complexity index is 285. The average molecular weight is 387 g/mol. The number of rotatable bonds is 17. The SMILES string of the molecule is CCCCCCCCP(CCCCCCCC)(C(C)C)(C(C)C)C(C)C. The van der Waals surface area contributed by atoms with Gasteiger partial charge in [-0.1, -0.05) is 0 Å². The molecule has 0 nitrogen and oxygen atoms in total. The minimum atomic E-state index is -1.71. The van der Waals surface area contributed by atoms with Gasteiger partial charge in [-0.25, -0.2) is 0 Å². The van der Waals surface area contributed by atoms with Gasteiger partial charge in [-0.15, -0.1) is 0 Å². The molecule has 0 fully saturated rings. The molecular weight excluding hydrogens is 331 g/mol. The topological polar surface area (TPSA) is 0 Å². The number of unbranched alkanes of at least 4 members (excludes halogenated alkanes) is 10. The minimum absolute atomic E-state index is 0.896. The van der Waals surface area contributed by atoms with Crippen LogP contribution in [0.3, 0.4) is 0 Å². The Labute approximate surface area is 168 Å². The van der Waals surface area contributed by atoms with E-state index >= 15 is 0 Å². The fraction of sp³-hybridized carbons (Fsp3) is 1.00. The molecule has 0 atom stereocenters. The Hall–Kier alpha value is 0.430. The van der Waals surface area contributed by atoms with Crippen molar-refractivity contribution in [3.63, 3.8) is 0 Å². The van der Waals surface area contributed by atoms with E-state index in [1.54, 1.807) is 12.3 Å². The molecule has 0 aromatic heterocycles. The average Bonchev–Trinajstić information content (AvgIpc) is 2.58. The second-order valence-corrected chi connectivity index (χ2v) is 17.6. The zero-order chi connectivity index (χ0) is 20.1. The molecule has 0 aliphatic rings. The maximum atomic E-state index is 2.59. The molecule has 0 aliphatic carbocycles. The van der Waals surface area contributed by atoms with E-state index in [9.17, 15) is 0 Å². The Kier molecular flexibility index (Phi) is 13.8. The number of hydrogen-bond donors (Lipinski definition) is 0. The van der Waals surface area contributed by atoms with Crippen molar-refractivity contribution in [2.45, 2.75) is 149 Å². The van der Waals surface area contributed by atoms with E-state index in [1.165, 1.54) is 77.0 Å². The summed E-state index contributed by atoms with van der Waals surface area (Å²) in [7, 11) is 0. The van der Waals surface area contributed by atoms with Gasteiger partial charge < -0.3 is 0 Å². The van der Waals surface area contributed by atoms with Crippen LogP contribution in [-0.2, 0) is 0 Å². The Morgan fingerprint density at radius 3 is 0.962 bits per heavy atom. The van der Waals surface area contributed by atoms with Gasteiger partial charge in [0.1, 0.15) is 0 Å². The normalized spacial score (nSPS) is 14.3. The zero-order valence-corrected chi connectivity index (χ0v) is 21.0. The predicted molar refractivity (Wildman–Crippen MR) is 129 cm³/mol. The molecule has 0 bridgehead atoms. The third-order valence-electron chi connectivity index (χ3n) is 8.09. The fourth-order valence-electron chi connectivity index (χ4n) is 6.01. The van der Waals surface area contributed by atoms with Crippen LogP contribution in [-0.4, -0.2) is 29.3 Å². The molecule has 0 aromatic rings. The summed E-state index contributed by atoms with van der Waals surface area (Å²) in [4.78, 5) is 0. The molecule has 0 aromatic carbocycles. The summed E-state index contributed by atoms with van der Waals surface area (Å²) in [5.74, 6) is 0. The standard InChI is InChI=1S/C25H55P/c1-9-11-13-15-17-19-21-26(23(3)4,24(5)6,25(7)8)22-20-18-16-14-12-10-2/h23-25H,9-22H2,1-8H3. The van der Waals surface area contributed by atoms with Gasteiger partial charge >= 0.3 is 168 Å². The molecule has 0 aliphatic heterocycles. The van der Waals surface area contributed by atoms with Crippen molar-refractivity contribution in [1.82, 2.24) is 0 Å². The molecule has 0 radical (unpaired) electrons. The van der Waals surface area contributed by atoms with Gasteiger partial charge in [0, 0.05) is 0 Å². The summed E-state index contributed by atoms with van der Waals surface area (Å²) in [5, 5.41) is 0. The van der Waals surface area contributed by atoms with Gasteiger partial charge in [-0.2, -0.15) is 0 Å².